The number of carboxylic acid groups (broad SMARTS) is 1. The number of carbonyl (C=O) groups is 1. The predicted octanol–water partition coefficient (Wildman–Crippen LogP) is 7.65. The van der Waals surface area contributed by atoms with Gasteiger partial charge in [0.2, 0.25) is 0 Å². The highest BCUT2D eigenvalue weighted by Crippen LogP contribution is 2.26. The highest BCUT2D eigenvalue weighted by molar-refractivity contribution is 5.95. The maximum Gasteiger partial charge on any atom is 0.336 e. The Bertz CT molecular complexity index is 576. The van der Waals surface area contributed by atoms with Crippen LogP contribution in [0.1, 0.15) is 81.1 Å². The molecule has 0 unspecified atom stereocenters. The van der Waals surface area contributed by atoms with E-state index in [0.717, 1.165) is 16.7 Å². The van der Waals surface area contributed by atoms with E-state index in [-0.39, 0.29) is 5.56 Å². The van der Waals surface area contributed by atoms with Gasteiger partial charge in [-0.25, -0.2) is 4.79 Å². The van der Waals surface area contributed by atoms with Gasteiger partial charge in [-0.3, -0.25) is 0 Å². The molecule has 0 aliphatic rings. The Hall–Kier alpha value is -2.35. The van der Waals surface area contributed by atoms with E-state index < -0.39 is 5.97 Å². The summed E-state index contributed by atoms with van der Waals surface area (Å²) in [7, 11) is 0. The van der Waals surface area contributed by atoms with Crippen LogP contribution < -0.4 is 0 Å². The molecule has 0 bridgehead atoms. The van der Waals surface area contributed by atoms with Crippen LogP contribution in [0, 0.1) is 6.92 Å². The Morgan fingerprint density at radius 3 is 1.88 bits per heavy atom. The van der Waals surface area contributed by atoms with Gasteiger partial charge in [0, 0.05) is 0 Å². The van der Waals surface area contributed by atoms with Gasteiger partial charge in [-0.2, -0.15) is 0 Å². The summed E-state index contributed by atoms with van der Waals surface area (Å²) in [5, 5.41) is 9.34. The molecule has 0 spiro atoms. The minimum Gasteiger partial charge on any atom is -0.478 e. The number of rotatable bonds is 5. The third-order valence-electron chi connectivity index (χ3n) is 2.89. The van der Waals surface area contributed by atoms with Crippen LogP contribution in [0.15, 0.2) is 37.5 Å². The molecule has 0 radical (unpaired) electrons. The van der Waals surface area contributed by atoms with Crippen LogP contribution >= 0.6 is 0 Å². The first kappa shape index (κ1) is 27.5. The Morgan fingerprint density at radius 1 is 1.00 bits per heavy atom. The van der Waals surface area contributed by atoms with Crippen molar-refractivity contribution < 1.29 is 9.90 Å². The third kappa shape index (κ3) is 8.90. The van der Waals surface area contributed by atoms with Crippen LogP contribution in [-0.4, -0.2) is 11.1 Å². The van der Waals surface area contributed by atoms with Gasteiger partial charge in [-0.15, -0.1) is 0 Å². The molecule has 0 fully saturated rings. The van der Waals surface area contributed by atoms with Crippen molar-refractivity contribution >= 4 is 24.2 Å². The van der Waals surface area contributed by atoms with Crippen molar-refractivity contribution in [1.29, 1.82) is 0 Å². The zero-order valence-electron chi connectivity index (χ0n) is 17.3. The van der Waals surface area contributed by atoms with Gasteiger partial charge in [0.1, 0.15) is 0 Å². The Morgan fingerprint density at radius 2 is 1.52 bits per heavy atom. The summed E-state index contributed by atoms with van der Waals surface area (Å²) in [5.41, 5.74) is 3.70. The molecule has 0 aromatic heterocycles. The third-order valence-corrected chi connectivity index (χ3v) is 2.89. The van der Waals surface area contributed by atoms with E-state index in [0.29, 0.717) is 5.56 Å². The minimum atomic E-state index is -0.937. The summed E-state index contributed by atoms with van der Waals surface area (Å²) in [6.45, 7) is 23.2. The van der Waals surface area contributed by atoms with Crippen molar-refractivity contribution in [1.82, 2.24) is 0 Å². The Balaban J connectivity index is -0.000000725. The molecule has 0 saturated heterocycles. The molecule has 2 nitrogen and oxygen atoms in total. The summed E-state index contributed by atoms with van der Waals surface area (Å²) < 4.78 is 0. The van der Waals surface area contributed by atoms with Crippen molar-refractivity contribution in [2.45, 2.75) is 55.4 Å². The molecule has 0 aliphatic carbocycles. The second kappa shape index (κ2) is 18.0. The summed E-state index contributed by atoms with van der Waals surface area (Å²) in [4.78, 5) is 11.4. The van der Waals surface area contributed by atoms with E-state index in [1.54, 1.807) is 30.4 Å². The summed E-state index contributed by atoms with van der Waals surface area (Å²) in [5.74, 6) is -0.937. The fraction of sp³-hybridized carbons (Fsp3) is 0.348. The van der Waals surface area contributed by atoms with Gasteiger partial charge in [-0.05, 0) is 42.2 Å². The smallest absolute Gasteiger partial charge is 0.336 e. The zero-order chi connectivity index (χ0) is 20.4. The van der Waals surface area contributed by atoms with Crippen LogP contribution in [0.2, 0.25) is 0 Å². The van der Waals surface area contributed by atoms with Gasteiger partial charge in [0.25, 0.3) is 0 Å². The molecule has 1 aromatic rings. The maximum absolute atomic E-state index is 11.4. The summed E-state index contributed by atoms with van der Waals surface area (Å²) >= 11 is 0. The minimum absolute atomic E-state index is 0.286. The quantitative estimate of drug-likeness (QED) is 0.557. The van der Waals surface area contributed by atoms with E-state index >= 15 is 0 Å². The van der Waals surface area contributed by atoms with Crippen LogP contribution in [0.4, 0.5) is 0 Å². The van der Waals surface area contributed by atoms with E-state index in [1.165, 1.54) is 0 Å². The topological polar surface area (TPSA) is 37.3 Å². The number of aromatic carboxylic acids is 1. The van der Waals surface area contributed by atoms with Crippen LogP contribution in [0.3, 0.4) is 0 Å². The van der Waals surface area contributed by atoms with Gasteiger partial charge >= 0.3 is 5.97 Å². The molecule has 1 aromatic carbocycles. The second-order valence-electron chi connectivity index (χ2n) is 4.07. The number of hydrogen-bond donors (Lipinski definition) is 1. The lowest BCUT2D eigenvalue weighted by atomic mass is 9.91. The molecule has 2 heteroatoms. The normalized spacial score (nSPS) is 9.12. The highest BCUT2D eigenvalue weighted by atomic mass is 16.4. The van der Waals surface area contributed by atoms with E-state index in [9.17, 15) is 9.90 Å². The van der Waals surface area contributed by atoms with Gasteiger partial charge < -0.3 is 5.11 Å². The molecule has 1 rings (SSSR count). The lowest BCUT2D eigenvalue weighted by Crippen LogP contribution is -2.04. The lowest BCUT2D eigenvalue weighted by Gasteiger charge is -2.13. The molecular formula is C23H36O2. The number of hydrogen-bond acceptors (Lipinski definition) is 1. The molecule has 0 atom stereocenters. The van der Waals surface area contributed by atoms with Crippen LogP contribution in [0.5, 0.6) is 0 Å². The first-order valence-electron chi connectivity index (χ1n) is 9.01. The van der Waals surface area contributed by atoms with E-state index in [4.69, 9.17) is 0 Å². The number of carboxylic acids is 1. The Labute approximate surface area is 155 Å². The van der Waals surface area contributed by atoms with Crippen molar-refractivity contribution in [2.24, 2.45) is 0 Å². The lowest BCUT2D eigenvalue weighted by molar-refractivity contribution is 0.0696. The first-order valence-corrected chi connectivity index (χ1v) is 9.01. The zero-order valence-corrected chi connectivity index (χ0v) is 17.3. The standard InChI is InChI=1S/C17H18O2.3C2H6/c1-5-8-10-15-12(4)14(7-3)13(9-6-2)11-16(15)17(18)19;3*1-2/h5-11H,1,3H2,2,4H3,(H,18,19);3*1-2H3/b9-6-,10-8-;;;. The molecule has 0 aliphatic heterocycles. The molecule has 0 heterocycles. The fourth-order valence-corrected chi connectivity index (χ4v) is 2.02. The fourth-order valence-electron chi connectivity index (χ4n) is 2.02. The van der Waals surface area contributed by atoms with Gasteiger partial charge in [-0.1, -0.05) is 91.2 Å². The summed E-state index contributed by atoms with van der Waals surface area (Å²) in [6.07, 6.45) is 10.6. The van der Waals surface area contributed by atoms with Gasteiger partial charge in [0.15, 0.2) is 0 Å². The second-order valence-corrected chi connectivity index (χ2v) is 4.07. The van der Waals surface area contributed by atoms with Crippen LogP contribution in [-0.2, 0) is 0 Å². The monoisotopic (exact) mass is 344 g/mol. The van der Waals surface area contributed by atoms with Crippen molar-refractivity contribution in [3.05, 3.63) is 65.3 Å². The van der Waals surface area contributed by atoms with E-state index in [2.05, 4.69) is 13.2 Å². The molecule has 1 N–H and O–H groups in total. The largest absolute Gasteiger partial charge is 0.478 e. The Kier molecular flexibility index (Phi) is 19.8. The molecule has 140 valence electrons. The first-order chi connectivity index (χ1) is 12.1. The van der Waals surface area contributed by atoms with E-state index in [1.807, 2.05) is 67.5 Å². The number of benzene rings is 1. The maximum atomic E-state index is 11.4. The molecule has 25 heavy (non-hydrogen) atoms. The van der Waals surface area contributed by atoms with Crippen molar-refractivity contribution in [3.8, 4) is 0 Å². The average Bonchev–Trinajstić information content (AvgIpc) is 2.66. The van der Waals surface area contributed by atoms with Crippen molar-refractivity contribution in [3.63, 3.8) is 0 Å². The molecule has 0 amide bonds. The van der Waals surface area contributed by atoms with Crippen molar-refractivity contribution in [2.75, 3.05) is 0 Å². The van der Waals surface area contributed by atoms with Crippen LogP contribution in [0.25, 0.3) is 18.2 Å². The predicted molar refractivity (Wildman–Crippen MR) is 116 cm³/mol. The molecule has 0 saturated carbocycles. The number of allylic oxidation sites excluding steroid dienone is 3. The molecular weight excluding hydrogens is 308 g/mol. The highest BCUT2D eigenvalue weighted by Gasteiger charge is 2.15. The van der Waals surface area contributed by atoms with Gasteiger partial charge in [0.05, 0.1) is 5.56 Å². The SMILES string of the molecule is C=C/C=C\c1c(C(=O)O)cc(/C=C\C)c(C=C)c1C.CC.CC.CC. The summed E-state index contributed by atoms with van der Waals surface area (Å²) in [6, 6.07) is 1.68. The average molecular weight is 345 g/mol.